The summed E-state index contributed by atoms with van der Waals surface area (Å²) < 4.78 is 44.6. The van der Waals surface area contributed by atoms with Crippen molar-refractivity contribution in [1.82, 2.24) is 9.21 Å². The monoisotopic (exact) mass is 559 g/mol. The highest BCUT2D eigenvalue weighted by molar-refractivity contribution is 7.89. The van der Waals surface area contributed by atoms with Gasteiger partial charge in [0.05, 0.1) is 49.5 Å². The number of aliphatic hydroxyl groups excluding tert-OH is 1. The number of carboxylic acid groups (broad SMARTS) is 1. The van der Waals surface area contributed by atoms with E-state index in [1.165, 1.54) is 36.3 Å². The van der Waals surface area contributed by atoms with Gasteiger partial charge >= 0.3 is 6.09 Å². The van der Waals surface area contributed by atoms with Crippen molar-refractivity contribution in [3.05, 3.63) is 60.2 Å². The Labute approximate surface area is 228 Å². The van der Waals surface area contributed by atoms with E-state index in [9.17, 15) is 28.7 Å². The van der Waals surface area contributed by atoms with Gasteiger partial charge < -0.3 is 24.4 Å². The highest BCUT2D eigenvalue weighted by Crippen LogP contribution is 2.36. The number of methoxy groups -OCH3 is 1. The van der Waals surface area contributed by atoms with E-state index in [0.29, 0.717) is 18.8 Å². The first kappa shape index (κ1) is 28.8. The molecule has 2 aliphatic heterocycles. The minimum Gasteiger partial charge on any atom is -0.497 e. The van der Waals surface area contributed by atoms with Crippen molar-refractivity contribution in [1.29, 1.82) is 5.26 Å². The fourth-order valence-corrected chi connectivity index (χ4v) is 6.70. The summed E-state index contributed by atoms with van der Waals surface area (Å²) in [6, 6.07) is 15.3. The molecule has 2 aromatic rings. The van der Waals surface area contributed by atoms with E-state index in [0.717, 1.165) is 9.87 Å². The largest absolute Gasteiger partial charge is 0.497 e. The molecule has 4 rings (SSSR count). The number of hydrogen-bond donors (Lipinski definition) is 2. The van der Waals surface area contributed by atoms with E-state index in [1.54, 1.807) is 0 Å². The number of nitriles is 1. The van der Waals surface area contributed by atoms with Crippen LogP contribution in [-0.4, -0.2) is 91.8 Å². The number of amides is 1. The smallest absolute Gasteiger partial charge is 0.407 e. The van der Waals surface area contributed by atoms with E-state index in [2.05, 4.69) is 0 Å². The van der Waals surface area contributed by atoms with Crippen LogP contribution in [0.25, 0.3) is 0 Å². The minimum absolute atomic E-state index is 0.0294. The summed E-state index contributed by atoms with van der Waals surface area (Å²) in [4.78, 5) is 13.9. The number of rotatable bonds is 12. The van der Waals surface area contributed by atoms with Gasteiger partial charge in [0.1, 0.15) is 5.75 Å². The van der Waals surface area contributed by atoms with Crippen molar-refractivity contribution in [2.75, 3.05) is 33.4 Å². The molecule has 1 amide bonds. The number of nitrogens with zero attached hydrogens (tertiary/aromatic N) is 3. The number of ether oxygens (including phenoxy) is 3. The van der Waals surface area contributed by atoms with Crippen LogP contribution >= 0.6 is 0 Å². The molecule has 2 fully saturated rings. The molecule has 0 bridgehead atoms. The molecule has 2 aliphatic rings. The molecule has 2 saturated heterocycles. The fraction of sp³-hybridized carbons (Fsp3) is 0.481. The van der Waals surface area contributed by atoms with Crippen molar-refractivity contribution in [2.45, 2.75) is 48.6 Å². The van der Waals surface area contributed by atoms with Crippen LogP contribution in [-0.2, 0) is 25.9 Å². The third-order valence-electron chi connectivity index (χ3n) is 7.24. The van der Waals surface area contributed by atoms with Gasteiger partial charge in [0.2, 0.25) is 10.0 Å². The first-order chi connectivity index (χ1) is 18.8. The summed E-state index contributed by atoms with van der Waals surface area (Å²) in [6.07, 6.45) is -2.49. The first-order valence-electron chi connectivity index (χ1n) is 12.7. The normalized spacial score (nSPS) is 22.2. The zero-order valence-electron chi connectivity index (χ0n) is 21.6. The van der Waals surface area contributed by atoms with E-state index >= 15 is 0 Å². The Balaban J connectivity index is 1.66. The Morgan fingerprint density at radius 1 is 1.18 bits per heavy atom. The van der Waals surface area contributed by atoms with Gasteiger partial charge in [0.25, 0.3) is 0 Å². The predicted molar refractivity (Wildman–Crippen MR) is 139 cm³/mol. The molecule has 0 radical (unpaired) electrons. The molecule has 0 aromatic heterocycles. The maximum absolute atomic E-state index is 13.6. The maximum Gasteiger partial charge on any atom is 0.407 e. The van der Waals surface area contributed by atoms with Gasteiger partial charge in [-0.25, -0.2) is 13.2 Å². The lowest BCUT2D eigenvalue weighted by Gasteiger charge is -2.39. The molecule has 0 aliphatic carbocycles. The van der Waals surface area contributed by atoms with Crippen LogP contribution in [0.2, 0.25) is 0 Å². The number of benzene rings is 2. The van der Waals surface area contributed by atoms with Crippen molar-refractivity contribution < 1.29 is 37.6 Å². The molecule has 5 atom stereocenters. The molecule has 39 heavy (non-hydrogen) atoms. The summed E-state index contributed by atoms with van der Waals surface area (Å²) in [5.74, 6) is 0.287. The highest BCUT2D eigenvalue weighted by atomic mass is 32.2. The van der Waals surface area contributed by atoms with Crippen LogP contribution in [0.1, 0.15) is 18.4 Å². The maximum atomic E-state index is 13.6. The van der Waals surface area contributed by atoms with E-state index < -0.39 is 47.1 Å². The van der Waals surface area contributed by atoms with Gasteiger partial charge in [0, 0.05) is 25.4 Å². The average Bonchev–Trinajstić information content (AvgIpc) is 3.56. The second kappa shape index (κ2) is 12.8. The van der Waals surface area contributed by atoms with Crippen molar-refractivity contribution in [3.8, 4) is 11.8 Å². The Kier molecular flexibility index (Phi) is 9.42. The van der Waals surface area contributed by atoms with E-state index in [-0.39, 0.29) is 36.8 Å². The highest BCUT2D eigenvalue weighted by Gasteiger charge is 2.49. The van der Waals surface area contributed by atoms with E-state index in [4.69, 9.17) is 14.2 Å². The number of aliphatic hydroxyl groups is 1. The molecule has 12 heteroatoms. The second-order valence-electron chi connectivity index (χ2n) is 9.55. The van der Waals surface area contributed by atoms with Gasteiger partial charge in [-0.15, -0.1) is 0 Å². The molecule has 210 valence electrons. The number of carbonyl (C=O) groups is 1. The third-order valence-corrected chi connectivity index (χ3v) is 9.12. The SMILES string of the molecule is COc1ccc(S(=O)(=O)N(CCC#N)C[C@@H](O)[C@H](Cc2ccccc2)N(C(=O)O)[C@H]2CO[C@H]3OCC[C@H]32)cc1. The Hall–Kier alpha value is -3.21. The van der Waals surface area contributed by atoms with Crippen LogP contribution in [0, 0.1) is 17.2 Å². The molecule has 11 nitrogen and oxygen atoms in total. The van der Waals surface area contributed by atoms with Gasteiger partial charge in [-0.1, -0.05) is 30.3 Å². The molecule has 0 unspecified atom stereocenters. The second-order valence-corrected chi connectivity index (χ2v) is 11.5. The quantitative estimate of drug-likeness (QED) is 0.399. The van der Waals surface area contributed by atoms with Crippen LogP contribution in [0.5, 0.6) is 5.75 Å². The lowest BCUT2D eigenvalue weighted by atomic mass is 9.93. The van der Waals surface area contributed by atoms with Crippen molar-refractivity contribution in [2.24, 2.45) is 5.92 Å². The average molecular weight is 560 g/mol. The lowest BCUT2D eigenvalue weighted by molar-refractivity contribution is -0.0906. The third kappa shape index (κ3) is 6.51. The van der Waals surface area contributed by atoms with Crippen LogP contribution in [0.4, 0.5) is 4.79 Å². The molecule has 0 saturated carbocycles. The lowest BCUT2D eigenvalue weighted by Crippen LogP contribution is -2.57. The molecule has 2 aromatic carbocycles. The standard InChI is InChI=1S/C27H33N3O8S/c1-36-20-8-10-21(11-9-20)39(34,35)29(14-5-13-28)17-25(31)23(16-19-6-3-2-4-7-19)30(27(32)33)24-18-38-26-22(24)12-15-37-26/h2-4,6-11,22-26,31H,5,12,14-18H2,1H3,(H,32,33)/t22-,23-,24-,25+,26+/m0/s1. The number of sulfonamides is 1. The number of hydrogen-bond acceptors (Lipinski definition) is 8. The molecular weight excluding hydrogens is 526 g/mol. The van der Waals surface area contributed by atoms with Gasteiger partial charge in [-0.3, -0.25) is 4.90 Å². The molecule has 2 N–H and O–H groups in total. The van der Waals surface area contributed by atoms with Gasteiger partial charge in [-0.05, 0) is 42.7 Å². The van der Waals surface area contributed by atoms with Crippen LogP contribution in [0.3, 0.4) is 0 Å². The first-order valence-corrected chi connectivity index (χ1v) is 14.2. The van der Waals surface area contributed by atoms with Gasteiger partial charge in [0.15, 0.2) is 6.29 Å². The summed E-state index contributed by atoms with van der Waals surface area (Å²) >= 11 is 0. The fourth-order valence-electron chi connectivity index (χ4n) is 5.25. The number of fused-ring (bicyclic) bond motifs is 1. The minimum atomic E-state index is -4.12. The van der Waals surface area contributed by atoms with E-state index in [1.807, 2.05) is 36.4 Å². The predicted octanol–water partition coefficient (Wildman–Crippen LogP) is 2.31. The summed E-state index contributed by atoms with van der Waals surface area (Å²) in [6.45, 7) is -0.0111. The Morgan fingerprint density at radius 2 is 1.90 bits per heavy atom. The summed E-state index contributed by atoms with van der Waals surface area (Å²) in [7, 11) is -2.66. The van der Waals surface area contributed by atoms with Crippen molar-refractivity contribution >= 4 is 16.1 Å². The topological polar surface area (TPSA) is 150 Å². The Bertz CT molecular complexity index is 1250. The Morgan fingerprint density at radius 3 is 2.54 bits per heavy atom. The van der Waals surface area contributed by atoms with Gasteiger partial charge in [-0.2, -0.15) is 9.57 Å². The molecular formula is C27H33N3O8S. The zero-order valence-corrected chi connectivity index (χ0v) is 22.4. The molecule has 0 spiro atoms. The van der Waals surface area contributed by atoms with Crippen LogP contribution in [0.15, 0.2) is 59.5 Å². The van der Waals surface area contributed by atoms with Crippen molar-refractivity contribution in [3.63, 3.8) is 0 Å². The summed E-state index contributed by atoms with van der Waals surface area (Å²) in [5.41, 5.74) is 0.785. The zero-order chi connectivity index (χ0) is 28.0. The van der Waals surface area contributed by atoms with Crippen LogP contribution < -0.4 is 4.74 Å². The summed E-state index contributed by atoms with van der Waals surface area (Å²) in [5, 5.41) is 31.1. The molecule has 2 heterocycles.